The number of hydrogen-bond acceptors (Lipinski definition) is 2. The lowest BCUT2D eigenvalue weighted by Crippen LogP contribution is -2.17. The normalized spacial score (nSPS) is 10.6. The number of pyridine rings is 1. The summed E-state index contributed by atoms with van der Waals surface area (Å²) in [5, 5.41) is 2.57. The monoisotopic (exact) mass is 267 g/mol. The molecule has 2 heterocycles. The highest BCUT2D eigenvalue weighted by atomic mass is 79.9. The molecule has 0 aliphatic rings. The summed E-state index contributed by atoms with van der Waals surface area (Å²) in [6.07, 6.45) is 3.50. The van der Waals surface area contributed by atoms with Gasteiger partial charge in [0.1, 0.15) is 5.52 Å². The first-order valence-electron chi connectivity index (χ1n) is 4.46. The third kappa shape index (κ3) is 1.63. The molecule has 0 unspecified atom stereocenters. The maximum Gasteiger partial charge on any atom is 0.252 e. The van der Waals surface area contributed by atoms with E-state index in [1.807, 2.05) is 23.9 Å². The Hall–Kier alpha value is -1.36. The predicted octanol–water partition coefficient (Wildman–Crippen LogP) is 1.70. The number of aryl methyl sites for hydroxylation is 1. The number of aromatic nitrogens is 2. The molecule has 0 bridgehead atoms. The topological polar surface area (TPSA) is 46.9 Å². The number of hydrogen-bond donors (Lipinski definition) is 1. The predicted molar refractivity (Wildman–Crippen MR) is 61.8 cm³/mol. The van der Waals surface area contributed by atoms with E-state index in [2.05, 4.69) is 26.2 Å². The van der Waals surface area contributed by atoms with Crippen LogP contribution in [-0.4, -0.2) is 22.5 Å². The van der Waals surface area contributed by atoms with E-state index in [0.29, 0.717) is 5.56 Å². The van der Waals surface area contributed by atoms with Crippen LogP contribution in [0.1, 0.15) is 10.4 Å². The van der Waals surface area contributed by atoms with E-state index in [9.17, 15) is 4.79 Å². The fourth-order valence-electron chi connectivity index (χ4n) is 1.48. The van der Waals surface area contributed by atoms with Gasteiger partial charge in [-0.25, -0.2) is 0 Å². The summed E-state index contributed by atoms with van der Waals surface area (Å²) < 4.78 is 2.86. The first-order chi connectivity index (χ1) is 7.13. The average Bonchev–Trinajstić information content (AvgIpc) is 2.53. The van der Waals surface area contributed by atoms with Crippen molar-refractivity contribution in [1.82, 2.24) is 14.9 Å². The van der Waals surface area contributed by atoms with E-state index in [1.54, 1.807) is 13.2 Å². The summed E-state index contributed by atoms with van der Waals surface area (Å²) in [6.45, 7) is 0. The fourth-order valence-corrected chi connectivity index (χ4v) is 2.09. The third-order valence-corrected chi connectivity index (χ3v) is 2.85. The van der Waals surface area contributed by atoms with Gasteiger partial charge >= 0.3 is 0 Å². The lowest BCUT2D eigenvalue weighted by Gasteiger charge is -2.00. The van der Waals surface area contributed by atoms with Crippen LogP contribution in [-0.2, 0) is 7.05 Å². The molecule has 2 rings (SSSR count). The van der Waals surface area contributed by atoms with Gasteiger partial charge in [-0.05, 0) is 22.0 Å². The molecule has 5 heteroatoms. The molecule has 4 nitrogen and oxygen atoms in total. The summed E-state index contributed by atoms with van der Waals surface area (Å²) >= 11 is 3.41. The van der Waals surface area contributed by atoms with Crippen LogP contribution in [0, 0.1) is 0 Å². The van der Waals surface area contributed by atoms with Crippen molar-refractivity contribution in [3.05, 3.63) is 28.5 Å². The second kappa shape index (κ2) is 3.66. The van der Waals surface area contributed by atoms with E-state index >= 15 is 0 Å². The summed E-state index contributed by atoms with van der Waals surface area (Å²) in [5.41, 5.74) is 2.37. The Kier molecular flexibility index (Phi) is 2.48. The number of halogens is 1. The SMILES string of the molecule is CNC(=O)c1cnc2c(Br)cn(C)c2c1. The number of nitrogens with zero attached hydrogens (tertiary/aromatic N) is 2. The molecule has 15 heavy (non-hydrogen) atoms. The molecule has 0 aromatic carbocycles. The van der Waals surface area contributed by atoms with Crippen LogP contribution < -0.4 is 5.32 Å². The lowest BCUT2D eigenvalue weighted by molar-refractivity contribution is 0.0963. The van der Waals surface area contributed by atoms with Crippen LogP contribution >= 0.6 is 15.9 Å². The Bertz CT molecular complexity index is 533. The molecule has 0 fully saturated rings. The smallest absolute Gasteiger partial charge is 0.252 e. The highest BCUT2D eigenvalue weighted by molar-refractivity contribution is 9.10. The summed E-state index contributed by atoms with van der Waals surface area (Å²) in [4.78, 5) is 15.6. The van der Waals surface area contributed by atoms with E-state index in [1.165, 1.54) is 0 Å². The maximum absolute atomic E-state index is 11.4. The molecule has 0 spiro atoms. The summed E-state index contributed by atoms with van der Waals surface area (Å²) in [5.74, 6) is -0.123. The van der Waals surface area contributed by atoms with Gasteiger partial charge in [0.2, 0.25) is 0 Å². The molecule has 0 atom stereocenters. The van der Waals surface area contributed by atoms with Crippen molar-refractivity contribution in [2.45, 2.75) is 0 Å². The van der Waals surface area contributed by atoms with Crippen LogP contribution in [0.25, 0.3) is 11.0 Å². The van der Waals surface area contributed by atoms with E-state index in [-0.39, 0.29) is 5.91 Å². The minimum Gasteiger partial charge on any atom is -0.355 e. The molecule has 78 valence electrons. The van der Waals surface area contributed by atoms with Crippen molar-refractivity contribution in [2.24, 2.45) is 7.05 Å². The van der Waals surface area contributed by atoms with Crippen LogP contribution in [0.3, 0.4) is 0 Å². The summed E-state index contributed by atoms with van der Waals surface area (Å²) in [7, 11) is 3.52. The number of amides is 1. The van der Waals surface area contributed by atoms with Crippen molar-refractivity contribution in [3.63, 3.8) is 0 Å². The van der Waals surface area contributed by atoms with Crippen molar-refractivity contribution in [2.75, 3.05) is 7.05 Å². The van der Waals surface area contributed by atoms with Gasteiger partial charge in [0.15, 0.2) is 0 Å². The number of carbonyl (C=O) groups is 1. The number of rotatable bonds is 1. The Morgan fingerprint density at radius 3 is 3.00 bits per heavy atom. The van der Waals surface area contributed by atoms with E-state index < -0.39 is 0 Å². The molecule has 2 aromatic rings. The van der Waals surface area contributed by atoms with Gasteiger partial charge in [0.25, 0.3) is 5.91 Å². The van der Waals surface area contributed by atoms with Gasteiger partial charge in [0.05, 0.1) is 15.6 Å². The van der Waals surface area contributed by atoms with Gasteiger partial charge in [-0.15, -0.1) is 0 Å². The largest absolute Gasteiger partial charge is 0.355 e. The summed E-state index contributed by atoms with van der Waals surface area (Å²) in [6, 6.07) is 1.83. The quantitative estimate of drug-likeness (QED) is 0.855. The van der Waals surface area contributed by atoms with Gasteiger partial charge in [-0.3, -0.25) is 9.78 Å². The first-order valence-corrected chi connectivity index (χ1v) is 5.25. The molecule has 0 aliphatic heterocycles. The molecule has 1 N–H and O–H groups in total. The molecule has 0 radical (unpaired) electrons. The Morgan fingerprint density at radius 2 is 2.33 bits per heavy atom. The van der Waals surface area contributed by atoms with Crippen molar-refractivity contribution >= 4 is 32.9 Å². The Balaban J connectivity index is 2.65. The minimum absolute atomic E-state index is 0.123. The average molecular weight is 268 g/mol. The molecule has 2 aromatic heterocycles. The highest BCUT2D eigenvalue weighted by Gasteiger charge is 2.09. The van der Waals surface area contributed by atoms with Crippen LogP contribution in [0.15, 0.2) is 22.9 Å². The van der Waals surface area contributed by atoms with Gasteiger partial charge in [-0.2, -0.15) is 0 Å². The fraction of sp³-hybridized carbons (Fsp3) is 0.200. The zero-order valence-corrected chi connectivity index (χ0v) is 10.00. The lowest BCUT2D eigenvalue weighted by atomic mass is 10.2. The minimum atomic E-state index is -0.123. The zero-order valence-electron chi connectivity index (χ0n) is 8.41. The van der Waals surface area contributed by atoms with Crippen LogP contribution in [0.4, 0.5) is 0 Å². The van der Waals surface area contributed by atoms with Gasteiger partial charge in [0, 0.05) is 26.5 Å². The zero-order chi connectivity index (χ0) is 11.0. The second-order valence-corrected chi connectivity index (χ2v) is 4.11. The highest BCUT2D eigenvalue weighted by Crippen LogP contribution is 2.23. The molecule has 0 saturated carbocycles. The molecule has 0 aliphatic carbocycles. The standard InChI is InChI=1S/C10H10BrN3O/c1-12-10(15)6-3-8-9(13-4-6)7(11)5-14(8)2/h3-5H,1-2H3,(H,12,15). The molecular formula is C10H10BrN3O. The number of fused-ring (bicyclic) bond motifs is 1. The van der Waals surface area contributed by atoms with Crippen LogP contribution in [0.2, 0.25) is 0 Å². The van der Waals surface area contributed by atoms with Crippen molar-refractivity contribution in [1.29, 1.82) is 0 Å². The van der Waals surface area contributed by atoms with Gasteiger partial charge < -0.3 is 9.88 Å². The van der Waals surface area contributed by atoms with Crippen molar-refractivity contribution < 1.29 is 4.79 Å². The second-order valence-electron chi connectivity index (χ2n) is 3.26. The first kappa shape index (κ1) is 10.2. The Labute approximate surface area is 95.4 Å². The van der Waals surface area contributed by atoms with Crippen molar-refractivity contribution in [3.8, 4) is 0 Å². The Morgan fingerprint density at radius 1 is 1.60 bits per heavy atom. The maximum atomic E-state index is 11.4. The number of nitrogens with one attached hydrogen (secondary N) is 1. The van der Waals surface area contributed by atoms with E-state index in [0.717, 1.165) is 15.5 Å². The third-order valence-electron chi connectivity index (χ3n) is 2.27. The van der Waals surface area contributed by atoms with Crippen LogP contribution in [0.5, 0.6) is 0 Å². The number of carbonyl (C=O) groups excluding carboxylic acids is 1. The van der Waals surface area contributed by atoms with E-state index in [4.69, 9.17) is 0 Å². The van der Waals surface area contributed by atoms with Gasteiger partial charge in [-0.1, -0.05) is 0 Å². The molecule has 0 saturated heterocycles. The molecule has 1 amide bonds. The molecular weight excluding hydrogens is 258 g/mol.